The molecular formula is C16H23NO. The first-order valence-corrected chi connectivity index (χ1v) is 7.15. The zero-order valence-electron chi connectivity index (χ0n) is 11.3. The molecule has 0 radical (unpaired) electrons. The zero-order chi connectivity index (χ0) is 12.8. The normalized spacial score (nSPS) is 36.2. The van der Waals surface area contributed by atoms with Gasteiger partial charge in [-0.1, -0.05) is 30.3 Å². The highest BCUT2D eigenvalue weighted by atomic mass is 16.3. The third-order valence-electron chi connectivity index (χ3n) is 4.73. The van der Waals surface area contributed by atoms with Gasteiger partial charge in [-0.05, 0) is 45.1 Å². The van der Waals surface area contributed by atoms with Crippen LogP contribution in [0.3, 0.4) is 0 Å². The van der Waals surface area contributed by atoms with Crippen molar-refractivity contribution >= 4 is 0 Å². The Bertz CT molecular complexity index is 400. The molecule has 2 bridgehead atoms. The van der Waals surface area contributed by atoms with E-state index in [0.29, 0.717) is 18.1 Å². The van der Waals surface area contributed by atoms with E-state index in [4.69, 9.17) is 0 Å². The number of nitrogens with zero attached hydrogens (tertiary/aromatic N) is 1. The average molecular weight is 245 g/mol. The Kier molecular flexibility index (Phi) is 2.95. The number of hydrogen-bond acceptors (Lipinski definition) is 2. The minimum Gasteiger partial charge on any atom is -0.385 e. The fraction of sp³-hybridized carbons (Fsp3) is 0.625. The van der Waals surface area contributed by atoms with E-state index in [2.05, 4.69) is 30.9 Å². The van der Waals surface area contributed by atoms with E-state index in [9.17, 15) is 5.11 Å². The van der Waals surface area contributed by atoms with Crippen molar-refractivity contribution in [1.29, 1.82) is 0 Å². The van der Waals surface area contributed by atoms with Crippen molar-refractivity contribution in [2.24, 2.45) is 0 Å². The number of benzene rings is 1. The van der Waals surface area contributed by atoms with E-state index >= 15 is 0 Å². The number of piperidine rings is 1. The fourth-order valence-corrected chi connectivity index (χ4v) is 4.09. The van der Waals surface area contributed by atoms with Gasteiger partial charge in [0.2, 0.25) is 0 Å². The van der Waals surface area contributed by atoms with Crippen molar-refractivity contribution in [2.75, 3.05) is 0 Å². The lowest BCUT2D eigenvalue weighted by Gasteiger charge is -2.46. The smallest absolute Gasteiger partial charge is 0.0926 e. The molecule has 2 fully saturated rings. The third-order valence-corrected chi connectivity index (χ3v) is 4.73. The summed E-state index contributed by atoms with van der Waals surface area (Å²) >= 11 is 0. The number of fused-ring (bicyclic) bond motifs is 2. The summed E-state index contributed by atoms with van der Waals surface area (Å²) in [6, 6.07) is 12.0. The predicted molar refractivity (Wildman–Crippen MR) is 73.4 cm³/mol. The van der Waals surface area contributed by atoms with E-state index in [-0.39, 0.29) is 0 Å². The van der Waals surface area contributed by atoms with Gasteiger partial charge in [-0.25, -0.2) is 0 Å². The first-order chi connectivity index (χ1) is 8.60. The fourth-order valence-electron chi connectivity index (χ4n) is 4.09. The molecule has 2 aliphatic heterocycles. The van der Waals surface area contributed by atoms with Crippen LogP contribution < -0.4 is 0 Å². The Morgan fingerprint density at radius 1 is 1.11 bits per heavy atom. The van der Waals surface area contributed by atoms with Crippen molar-refractivity contribution < 1.29 is 5.11 Å². The van der Waals surface area contributed by atoms with Crippen LogP contribution >= 0.6 is 0 Å². The lowest BCUT2D eigenvalue weighted by atomic mass is 9.80. The molecule has 1 aromatic rings. The number of rotatable bonds is 2. The average Bonchev–Trinajstić information content (AvgIpc) is 2.64. The number of hydrogen-bond donors (Lipinski definition) is 1. The molecule has 18 heavy (non-hydrogen) atoms. The van der Waals surface area contributed by atoms with E-state index in [1.54, 1.807) is 0 Å². The Labute approximate surface area is 110 Å². The van der Waals surface area contributed by atoms with Gasteiger partial charge in [0.25, 0.3) is 0 Å². The minimum absolute atomic E-state index is 0.564. The zero-order valence-corrected chi connectivity index (χ0v) is 11.3. The first-order valence-electron chi connectivity index (χ1n) is 7.15. The van der Waals surface area contributed by atoms with Crippen molar-refractivity contribution in [1.82, 2.24) is 4.90 Å². The molecule has 2 heterocycles. The van der Waals surface area contributed by atoms with E-state index < -0.39 is 5.60 Å². The summed E-state index contributed by atoms with van der Waals surface area (Å²) < 4.78 is 0. The Morgan fingerprint density at radius 3 is 2.17 bits per heavy atom. The maximum absolute atomic E-state index is 11.0. The molecule has 2 heteroatoms. The van der Waals surface area contributed by atoms with Gasteiger partial charge in [-0.2, -0.15) is 0 Å². The largest absolute Gasteiger partial charge is 0.385 e. The van der Waals surface area contributed by atoms with Crippen LogP contribution in [-0.2, 0) is 5.60 Å². The summed E-state index contributed by atoms with van der Waals surface area (Å²) in [5.74, 6) is 0. The van der Waals surface area contributed by atoms with E-state index in [1.165, 1.54) is 12.8 Å². The van der Waals surface area contributed by atoms with Gasteiger partial charge >= 0.3 is 0 Å². The van der Waals surface area contributed by atoms with Gasteiger partial charge < -0.3 is 5.11 Å². The topological polar surface area (TPSA) is 23.5 Å². The summed E-state index contributed by atoms with van der Waals surface area (Å²) in [6.07, 6.45) is 4.29. The molecular weight excluding hydrogens is 222 g/mol. The van der Waals surface area contributed by atoms with Crippen molar-refractivity contribution in [2.45, 2.75) is 63.3 Å². The first kappa shape index (κ1) is 12.2. The van der Waals surface area contributed by atoms with Gasteiger partial charge in [0.15, 0.2) is 0 Å². The van der Waals surface area contributed by atoms with Crippen molar-refractivity contribution in [3.63, 3.8) is 0 Å². The lowest BCUT2D eigenvalue weighted by Crippen LogP contribution is -2.52. The molecule has 2 aliphatic rings. The van der Waals surface area contributed by atoms with Gasteiger partial charge in [-0.3, -0.25) is 4.90 Å². The van der Waals surface area contributed by atoms with E-state index in [0.717, 1.165) is 18.4 Å². The highest BCUT2D eigenvalue weighted by Crippen LogP contribution is 2.46. The summed E-state index contributed by atoms with van der Waals surface area (Å²) in [5, 5.41) is 11.0. The third kappa shape index (κ3) is 1.88. The molecule has 0 aliphatic carbocycles. The predicted octanol–water partition coefficient (Wildman–Crippen LogP) is 2.91. The molecule has 0 amide bonds. The minimum atomic E-state index is -0.599. The van der Waals surface area contributed by atoms with Crippen LogP contribution in [0.15, 0.2) is 30.3 Å². The van der Waals surface area contributed by atoms with Crippen LogP contribution in [0.1, 0.15) is 45.1 Å². The summed E-state index contributed by atoms with van der Waals surface area (Å²) in [4.78, 5) is 2.62. The maximum atomic E-state index is 11.0. The molecule has 3 rings (SSSR count). The molecule has 0 aromatic heterocycles. The maximum Gasteiger partial charge on any atom is 0.0926 e. The van der Waals surface area contributed by atoms with Crippen molar-refractivity contribution in [3.8, 4) is 0 Å². The molecule has 1 aromatic carbocycles. The molecule has 2 nitrogen and oxygen atoms in total. The lowest BCUT2D eigenvalue weighted by molar-refractivity contribution is -0.0655. The monoisotopic (exact) mass is 245 g/mol. The van der Waals surface area contributed by atoms with Crippen LogP contribution in [0.5, 0.6) is 0 Å². The Hall–Kier alpha value is -0.860. The molecule has 98 valence electrons. The highest BCUT2D eigenvalue weighted by molar-refractivity contribution is 5.25. The van der Waals surface area contributed by atoms with Gasteiger partial charge in [0.1, 0.15) is 0 Å². The van der Waals surface area contributed by atoms with Crippen LogP contribution in [0.25, 0.3) is 0 Å². The van der Waals surface area contributed by atoms with E-state index in [1.807, 2.05) is 18.2 Å². The summed E-state index contributed by atoms with van der Waals surface area (Å²) in [7, 11) is 0. The summed E-state index contributed by atoms with van der Waals surface area (Å²) in [5.41, 5.74) is 0.503. The SMILES string of the molecule is CC(C)N1C2CCC1CC(O)(c1ccccc1)C2. The molecule has 2 atom stereocenters. The molecule has 0 spiro atoms. The highest BCUT2D eigenvalue weighted by Gasteiger charge is 2.48. The van der Waals surface area contributed by atoms with Gasteiger partial charge in [0, 0.05) is 18.1 Å². The molecule has 0 saturated carbocycles. The summed E-state index contributed by atoms with van der Waals surface area (Å²) in [6.45, 7) is 4.55. The second-order valence-electron chi connectivity index (χ2n) is 6.23. The molecule has 1 N–H and O–H groups in total. The Balaban J connectivity index is 1.87. The van der Waals surface area contributed by atoms with Crippen LogP contribution in [0.4, 0.5) is 0 Å². The quantitative estimate of drug-likeness (QED) is 0.866. The second-order valence-corrected chi connectivity index (χ2v) is 6.23. The number of aliphatic hydroxyl groups is 1. The van der Waals surface area contributed by atoms with Gasteiger partial charge in [0.05, 0.1) is 5.60 Å². The second kappa shape index (κ2) is 4.36. The van der Waals surface area contributed by atoms with Crippen LogP contribution in [0, 0.1) is 0 Å². The Morgan fingerprint density at radius 2 is 1.67 bits per heavy atom. The standard InChI is InChI=1S/C16H23NO/c1-12(2)17-14-8-9-15(17)11-16(18,10-14)13-6-4-3-5-7-13/h3-7,12,14-15,18H,8-11H2,1-2H3. The van der Waals surface area contributed by atoms with Crippen LogP contribution in [0.2, 0.25) is 0 Å². The van der Waals surface area contributed by atoms with Gasteiger partial charge in [-0.15, -0.1) is 0 Å². The van der Waals surface area contributed by atoms with Crippen LogP contribution in [-0.4, -0.2) is 28.1 Å². The molecule has 2 unspecified atom stereocenters. The van der Waals surface area contributed by atoms with Crippen molar-refractivity contribution in [3.05, 3.63) is 35.9 Å². The molecule has 2 saturated heterocycles.